The van der Waals surface area contributed by atoms with Gasteiger partial charge in [-0.15, -0.1) is 23.1 Å². The van der Waals surface area contributed by atoms with Gasteiger partial charge in [-0.25, -0.2) is 14.4 Å². The van der Waals surface area contributed by atoms with Gasteiger partial charge in [-0.1, -0.05) is 12.1 Å². The summed E-state index contributed by atoms with van der Waals surface area (Å²) in [5, 5.41) is 3.25. The first-order valence-electron chi connectivity index (χ1n) is 10.4. The van der Waals surface area contributed by atoms with Crippen LogP contribution in [0.25, 0.3) is 10.2 Å². The van der Waals surface area contributed by atoms with E-state index < -0.39 is 11.3 Å². The molecule has 3 heterocycles. The summed E-state index contributed by atoms with van der Waals surface area (Å²) in [5.74, 6) is 1.04. The van der Waals surface area contributed by atoms with E-state index in [4.69, 9.17) is 0 Å². The minimum absolute atomic E-state index is 0.152. The average molecular weight is 486 g/mol. The van der Waals surface area contributed by atoms with E-state index >= 15 is 0 Å². The third-order valence-corrected chi connectivity index (χ3v) is 7.79. The van der Waals surface area contributed by atoms with E-state index in [1.807, 2.05) is 25.5 Å². The van der Waals surface area contributed by atoms with Crippen molar-refractivity contribution in [2.24, 2.45) is 7.05 Å². The molecule has 172 valence electrons. The van der Waals surface area contributed by atoms with Gasteiger partial charge < -0.3 is 14.9 Å². The van der Waals surface area contributed by atoms with Gasteiger partial charge in [-0.2, -0.15) is 0 Å². The van der Waals surface area contributed by atoms with Crippen LogP contribution in [0.3, 0.4) is 0 Å². The van der Waals surface area contributed by atoms with E-state index in [0.29, 0.717) is 27.6 Å². The monoisotopic (exact) mass is 485 g/mol. The molecule has 0 bridgehead atoms. The first-order valence-corrected chi connectivity index (χ1v) is 12.2. The number of imidazole rings is 1. The summed E-state index contributed by atoms with van der Waals surface area (Å²) in [6.45, 7) is 5.70. The van der Waals surface area contributed by atoms with Crippen molar-refractivity contribution in [1.29, 1.82) is 0 Å². The van der Waals surface area contributed by atoms with Gasteiger partial charge in [0.05, 0.1) is 16.4 Å². The summed E-state index contributed by atoms with van der Waals surface area (Å²) in [4.78, 5) is 39.1. The smallest absolute Gasteiger partial charge is 0.259 e. The van der Waals surface area contributed by atoms with Crippen molar-refractivity contribution in [1.82, 2.24) is 24.8 Å². The Morgan fingerprint density at radius 1 is 1.30 bits per heavy atom. The number of thiophene rings is 1. The number of benzene rings is 1. The molecule has 2 N–H and O–H groups in total. The number of aromatic nitrogens is 4. The Balaban J connectivity index is 1.49. The first-order chi connectivity index (χ1) is 15.7. The number of fused-ring (bicyclic) bond motifs is 1. The van der Waals surface area contributed by atoms with Crippen LogP contribution in [-0.4, -0.2) is 30.7 Å². The average Bonchev–Trinajstić information content (AvgIpc) is 3.33. The van der Waals surface area contributed by atoms with Crippen molar-refractivity contribution >= 4 is 39.2 Å². The van der Waals surface area contributed by atoms with E-state index in [9.17, 15) is 14.0 Å². The number of nitrogens with zero attached hydrogens (tertiary/aromatic N) is 3. The molecular formula is C23H24FN5O2S2. The highest BCUT2D eigenvalue weighted by molar-refractivity contribution is 7.99. The number of amides is 1. The van der Waals surface area contributed by atoms with Crippen LogP contribution in [0.2, 0.25) is 0 Å². The molecule has 7 nitrogen and oxygen atoms in total. The van der Waals surface area contributed by atoms with Gasteiger partial charge in [0.2, 0.25) is 5.91 Å². The second kappa shape index (κ2) is 9.48. The minimum Gasteiger partial charge on any atom is -0.341 e. The van der Waals surface area contributed by atoms with Crippen LogP contribution < -0.4 is 10.9 Å². The summed E-state index contributed by atoms with van der Waals surface area (Å²) in [7, 11) is 1.84. The van der Waals surface area contributed by atoms with Gasteiger partial charge in [0.25, 0.3) is 5.56 Å². The Labute approximate surface area is 198 Å². The zero-order chi connectivity index (χ0) is 23.7. The lowest BCUT2D eigenvalue weighted by molar-refractivity contribution is -0.120. The van der Waals surface area contributed by atoms with Crippen molar-refractivity contribution < 1.29 is 9.18 Å². The molecule has 0 aliphatic carbocycles. The minimum atomic E-state index is -0.521. The van der Waals surface area contributed by atoms with Gasteiger partial charge in [0.1, 0.15) is 28.3 Å². The number of hydrogen-bond donors (Lipinski definition) is 2. The van der Waals surface area contributed by atoms with Crippen LogP contribution in [0.5, 0.6) is 0 Å². The fourth-order valence-electron chi connectivity index (χ4n) is 3.51. The molecule has 10 heteroatoms. The van der Waals surface area contributed by atoms with Crippen LogP contribution in [0.4, 0.5) is 4.39 Å². The van der Waals surface area contributed by atoms with Crippen molar-refractivity contribution in [2.75, 3.05) is 0 Å². The van der Waals surface area contributed by atoms with E-state index in [1.165, 1.54) is 35.2 Å². The van der Waals surface area contributed by atoms with Crippen LogP contribution in [-0.2, 0) is 17.6 Å². The Kier molecular flexibility index (Phi) is 6.66. The lowest BCUT2D eigenvalue weighted by Gasteiger charge is -2.21. The predicted octanol–water partition coefficient (Wildman–Crippen LogP) is 4.00. The molecule has 0 saturated heterocycles. The molecule has 0 aliphatic rings. The molecule has 1 amide bonds. The predicted molar refractivity (Wildman–Crippen MR) is 130 cm³/mol. The third kappa shape index (κ3) is 4.86. The summed E-state index contributed by atoms with van der Waals surface area (Å²) >= 11 is 2.88. The number of H-pyrrole nitrogens is 1. The topological polar surface area (TPSA) is 92.7 Å². The first kappa shape index (κ1) is 23.2. The summed E-state index contributed by atoms with van der Waals surface area (Å²) < 4.78 is 15.3. The second-order valence-corrected chi connectivity index (χ2v) is 10.4. The fourth-order valence-corrected chi connectivity index (χ4v) is 5.33. The molecule has 3 aromatic heterocycles. The fraction of sp³-hybridized carbons (Fsp3) is 0.304. The van der Waals surface area contributed by atoms with Gasteiger partial charge in [0.15, 0.2) is 0 Å². The standard InChI is InChI=1S/C23H24FN5O2S2/c1-12-13(2)33-23-18(12)22(31)26-17(27-23)11-32-14(3)21(30)28-19(20-25-9-10-29(20)4)15-5-7-16(24)8-6-15/h5-10,14,19H,11H2,1-4H3,(H,28,30)(H,26,27,31). The SMILES string of the molecule is Cc1sc2nc(CSC(C)C(=O)NC(c3ccc(F)cc3)c3nccn3C)[nH]c(=O)c2c1C. The molecule has 0 saturated carbocycles. The quantitative estimate of drug-likeness (QED) is 0.413. The normalized spacial score (nSPS) is 13.2. The maximum Gasteiger partial charge on any atom is 0.259 e. The van der Waals surface area contributed by atoms with Crippen LogP contribution in [0.1, 0.15) is 40.6 Å². The number of aryl methyl sites for hydroxylation is 3. The Hall–Kier alpha value is -2.98. The van der Waals surface area contributed by atoms with Crippen molar-refractivity contribution in [3.63, 3.8) is 0 Å². The number of carbonyl (C=O) groups is 1. The molecular weight excluding hydrogens is 461 g/mol. The number of carbonyl (C=O) groups excluding carboxylic acids is 1. The zero-order valence-electron chi connectivity index (χ0n) is 18.7. The maximum atomic E-state index is 13.4. The number of nitrogens with one attached hydrogen (secondary N) is 2. The van der Waals surface area contributed by atoms with E-state index in [2.05, 4.69) is 20.3 Å². The van der Waals surface area contributed by atoms with E-state index in [-0.39, 0.29) is 17.3 Å². The largest absolute Gasteiger partial charge is 0.341 e. The second-order valence-electron chi connectivity index (χ2n) is 7.82. The van der Waals surface area contributed by atoms with Crippen LogP contribution in [0.15, 0.2) is 41.5 Å². The number of thioether (sulfide) groups is 1. The van der Waals surface area contributed by atoms with Crippen molar-refractivity contribution in [3.8, 4) is 0 Å². The van der Waals surface area contributed by atoms with E-state index in [1.54, 1.807) is 31.5 Å². The zero-order valence-corrected chi connectivity index (χ0v) is 20.3. The highest BCUT2D eigenvalue weighted by Gasteiger charge is 2.24. The molecule has 0 radical (unpaired) electrons. The number of aromatic amines is 1. The summed E-state index contributed by atoms with van der Waals surface area (Å²) in [5.41, 5.74) is 1.54. The van der Waals surface area contributed by atoms with Gasteiger partial charge in [-0.3, -0.25) is 9.59 Å². The molecule has 4 rings (SSSR count). The maximum absolute atomic E-state index is 13.4. The van der Waals surface area contributed by atoms with Crippen LogP contribution >= 0.6 is 23.1 Å². The van der Waals surface area contributed by atoms with E-state index in [0.717, 1.165) is 16.0 Å². The van der Waals surface area contributed by atoms with Crippen molar-refractivity contribution in [2.45, 2.75) is 37.8 Å². The third-order valence-electron chi connectivity index (χ3n) is 5.53. The molecule has 4 aromatic rings. The number of hydrogen-bond acceptors (Lipinski definition) is 6. The van der Waals surface area contributed by atoms with Gasteiger partial charge in [-0.05, 0) is 44.0 Å². The Morgan fingerprint density at radius 2 is 2.03 bits per heavy atom. The molecule has 0 fully saturated rings. The Morgan fingerprint density at radius 3 is 2.70 bits per heavy atom. The highest BCUT2D eigenvalue weighted by atomic mass is 32.2. The lowest BCUT2D eigenvalue weighted by Crippen LogP contribution is -2.36. The summed E-state index contributed by atoms with van der Waals surface area (Å²) in [6.07, 6.45) is 3.45. The lowest BCUT2D eigenvalue weighted by atomic mass is 10.1. The van der Waals surface area contributed by atoms with Crippen LogP contribution in [0, 0.1) is 19.7 Å². The number of rotatable bonds is 7. The number of halogens is 1. The molecule has 1 aromatic carbocycles. The Bertz CT molecular complexity index is 1360. The molecule has 0 aliphatic heterocycles. The molecule has 2 unspecified atom stereocenters. The summed E-state index contributed by atoms with van der Waals surface area (Å²) in [6, 6.07) is 5.49. The molecule has 33 heavy (non-hydrogen) atoms. The van der Waals surface area contributed by atoms with Gasteiger partial charge in [0, 0.05) is 24.3 Å². The molecule has 2 atom stereocenters. The van der Waals surface area contributed by atoms with Crippen molar-refractivity contribution in [3.05, 3.63) is 80.5 Å². The molecule has 0 spiro atoms. The highest BCUT2D eigenvalue weighted by Crippen LogP contribution is 2.27. The van der Waals surface area contributed by atoms with Gasteiger partial charge >= 0.3 is 0 Å².